The van der Waals surface area contributed by atoms with Crippen LogP contribution < -0.4 is 9.47 Å². The fourth-order valence-corrected chi connectivity index (χ4v) is 3.58. The fourth-order valence-electron chi connectivity index (χ4n) is 3.12. The average Bonchev–Trinajstić information content (AvgIpc) is 2.72. The first-order chi connectivity index (χ1) is 12.7. The van der Waals surface area contributed by atoms with Crippen molar-refractivity contribution in [1.82, 2.24) is 0 Å². The largest absolute Gasteiger partial charge is 0.496 e. The molecule has 3 aromatic rings. The molecule has 0 bridgehead atoms. The number of methoxy groups -OCH3 is 2. The third-order valence-corrected chi connectivity index (χ3v) is 5.00. The van der Waals surface area contributed by atoms with E-state index in [0.29, 0.717) is 11.8 Å². The van der Waals surface area contributed by atoms with E-state index >= 15 is 0 Å². The van der Waals surface area contributed by atoms with Crippen LogP contribution in [0.15, 0.2) is 60.7 Å². The van der Waals surface area contributed by atoms with Crippen molar-refractivity contribution in [3.8, 4) is 33.8 Å². The van der Waals surface area contributed by atoms with Gasteiger partial charge in [-0.3, -0.25) is 0 Å². The van der Waals surface area contributed by atoms with Gasteiger partial charge in [0.05, 0.1) is 14.2 Å². The Morgan fingerprint density at radius 2 is 1.00 bits per heavy atom. The molecule has 134 valence electrons. The molecule has 0 aliphatic heterocycles. The molecule has 3 rings (SSSR count). The molecule has 0 aliphatic rings. The van der Waals surface area contributed by atoms with Gasteiger partial charge < -0.3 is 9.47 Å². The average molecular weight is 387 g/mol. The minimum absolute atomic E-state index is 0.429. The molecule has 2 nitrogen and oxygen atoms in total. The Kier molecular flexibility index (Phi) is 6.08. The smallest absolute Gasteiger partial charge is 0.127 e. The van der Waals surface area contributed by atoms with Crippen molar-refractivity contribution < 1.29 is 9.47 Å². The first-order valence-corrected chi connectivity index (χ1v) is 9.34. The second kappa shape index (κ2) is 8.48. The van der Waals surface area contributed by atoms with E-state index in [4.69, 9.17) is 32.7 Å². The van der Waals surface area contributed by atoms with E-state index in [-0.39, 0.29) is 0 Å². The van der Waals surface area contributed by atoms with E-state index in [2.05, 4.69) is 0 Å². The lowest BCUT2D eigenvalue weighted by atomic mass is 9.94. The van der Waals surface area contributed by atoms with Crippen LogP contribution in [0.1, 0.15) is 11.1 Å². The molecule has 26 heavy (non-hydrogen) atoms. The van der Waals surface area contributed by atoms with Gasteiger partial charge >= 0.3 is 0 Å². The highest BCUT2D eigenvalue weighted by Crippen LogP contribution is 2.43. The van der Waals surface area contributed by atoms with Gasteiger partial charge in [0.25, 0.3) is 0 Å². The second-order valence-corrected chi connectivity index (χ2v) is 6.37. The van der Waals surface area contributed by atoms with Crippen molar-refractivity contribution in [3.05, 3.63) is 71.8 Å². The highest BCUT2D eigenvalue weighted by molar-refractivity contribution is 6.17. The first-order valence-electron chi connectivity index (χ1n) is 8.28. The Balaban J connectivity index is 2.25. The lowest BCUT2D eigenvalue weighted by Crippen LogP contribution is -1.97. The molecule has 0 radical (unpaired) electrons. The molecule has 0 amide bonds. The zero-order valence-electron chi connectivity index (χ0n) is 14.8. The van der Waals surface area contributed by atoms with Crippen molar-refractivity contribution >= 4 is 23.2 Å². The second-order valence-electron chi connectivity index (χ2n) is 5.83. The van der Waals surface area contributed by atoms with Crippen LogP contribution in [0.4, 0.5) is 0 Å². The molecule has 0 aliphatic carbocycles. The summed E-state index contributed by atoms with van der Waals surface area (Å²) < 4.78 is 11.4. The quantitative estimate of drug-likeness (QED) is 0.449. The van der Waals surface area contributed by atoms with Crippen LogP contribution >= 0.6 is 23.2 Å². The molecule has 0 saturated heterocycles. The lowest BCUT2D eigenvalue weighted by Gasteiger charge is -2.18. The minimum Gasteiger partial charge on any atom is -0.496 e. The van der Waals surface area contributed by atoms with Crippen LogP contribution in [0.3, 0.4) is 0 Å². The predicted molar refractivity (Wildman–Crippen MR) is 110 cm³/mol. The zero-order valence-corrected chi connectivity index (χ0v) is 16.3. The maximum atomic E-state index is 6.13. The highest BCUT2D eigenvalue weighted by Gasteiger charge is 2.17. The molecule has 0 saturated carbocycles. The fraction of sp³-hybridized carbons (Fsp3) is 0.182. The Morgan fingerprint density at radius 3 is 1.35 bits per heavy atom. The summed E-state index contributed by atoms with van der Waals surface area (Å²) in [4.78, 5) is 0. The molecule has 0 aromatic heterocycles. The third kappa shape index (κ3) is 3.53. The number of hydrogen-bond acceptors (Lipinski definition) is 2. The molecule has 3 aromatic carbocycles. The van der Waals surface area contributed by atoms with Crippen molar-refractivity contribution in [1.29, 1.82) is 0 Å². The summed E-state index contributed by atoms with van der Waals surface area (Å²) in [6.45, 7) is 0. The summed E-state index contributed by atoms with van der Waals surface area (Å²) in [7, 11) is 3.34. The molecule has 0 atom stereocenters. The van der Waals surface area contributed by atoms with Crippen LogP contribution in [-0.2, 0) is 11.8 Å². The van der Waals surface area contributed by atoms with Gasteiger partial charge in [0, 0.05) is 22.9 Å². The third-order valence-electron chi connectivity index (χ3n) is 4.42. The SMILES string of the molecule is COc1cc(-c2ccccc2CCl)c(OC)cc1-c1ccccc1CCl. The normalized spacial score (nSPS) is 10.6. The Morgan fingerprint density at radius 1 is 0.615 bits per heavy atom. The molecule has 0 heterocycles. The Hall–Kier alpha value is -2.16. The van der Waals surface area contributed by atoms with E-state index in [0.717, 1.165) is 44.9 Å². The summed E-state index contributed by atoms with van der Waals surface area (Å²) in [5, 5.41) is 0. The monoisotopic (exact) mass is 386 g/mol. The van der Waals surface area contributed by atoms with Gasteiger partial charge in [0.2, 0.25) is 0 Å². The number of alkyl halides is 2. The van der Waals surface area contributed by atoms with Gasteiger partial charge in [-0.15, -0.1) is 23.2 Å². The van der Waals surface area contributed by atoms with Crippen LogP contribution in [0.25, 0.3) is 22.3 Å². The van der Waals surface area contributed by atoms with Crippen LogP contribution in [-0.4, -0.2) is 14.2 Å². The van der Waals surface area contributed by atoms with Crippen LogP contribution in [0, 0.1) is 0 Å². The van der Waals surface area contributed by atoms with Gasteiger partial charge in [-0.25, -0.2) is 0 Å². The maximum absolute atomic E-state index is 6.13. The number of ether oxygens (including phenoxy) is 2. The summed E-state index contributed by atoms with van der Waals surface area (Å²) in [6, 6.07) is 20.1. The van der Waals surface area contributed by atoms with Crippen molar-refractivity contribution in [3.63, 3.8) is 0 Å². The van der Waals surface area contributed by atoms with Gasteiger partial charge in [0.15, 0.2) is 0 Å². The topological polar surface area (TPSA) is 18.5 Å². The minimum atomic E-state index is 0.429. The maximum Gasteiger partial charge on any atom is 0.127 e. The van der Waals surface area contributed by atoms with Crippen LogP contribution in [0.2, 0.25) is 0 Å². The van der Waals surface area contributed by atoms with Crippen LogP contribution in [0.5, 0.6) is 11.5 Å². The number of halogens is 2. The van der Waals surface area contributed by atoms with E-state index in [9.17, 15) is 0 Å². The van der Waals surface area contributed by atoms with Crippen molar-refractivity contribution in [2.24, 2.45) is 0 Å². The van der Waals surface area contributed by atoms with Gasteiger partial charge in [-0.05, 0) is 34.4 Å². The number of rotatable bonds is 6. The summed E-state index contributed by atoms with van der Waals surface area (Å²) in [5.41, 5.74) is 6.07. The Bertz CT molecular complexity index is 831. The first kappa shape index (κ1) is 18.6. The van der Waals surface area contributed by atoms with Crippen molar-refractivity contribution in [2.45, 2.75) is 11.8 Å². The number of hydrogen-bond donors (Lipinski definition) is 0. The standard InChI is InChI=1S/C22H20Cl2O2/c1-25-21-11-20(18-10-6-4-8-16(18)14-24)22(26-2)12-19(21)17-9-5-3-7-15(17)13-23/h3-12H,13-14H2,1-2H3. The highest BCUT2D eigenvalue weighted by atomic mass is 35.5. The zero-order chi connectivity index (χ0) is 18.5. The van der Waals surface area contributed by atoms with Crippen molar-refractivity contribution in [2.75, 3.05) is 14.2 Å². The lowest BCUT2D eigenvalue weighted by molar-refractivity contribution is 0.406. The van der Waals surface area contributed by atoms with E-state index in [1.165, 1.54) is 0 Å². The van der Waals surface area contributed by atoms with Gasteiger partial charge in [0.1, 0.15) is 11.5 Å². The molecule has 0 fully saturated rings. The molecule has 4 heteroatoms. The molecule has 0 spiro atoms. The van der Waals surface area contributed by atoms with E-state index in [1.54, 1.807) is 14.2 Å². The Labute approximate surface area is 164 Å². The summed E-state index contributed by atoms with van der Waals surface area (Å²) in [6.07, 6.45) is 0. The number of benzene rings is 3. The van der Waals surface area contributed by atoms with E-state index < -0.39 is 0 Å². The van der Waals surface area contributed by atoms with Gasteiger partial charge in [-0.1, -0.05) is 48.5 Å². The van der Waals surface area contributed by atoms with E-state index in [1.807, 2.05) is 60.7 Å². The molecular weight excluding hydrogens is 367 g/mol. The summed E-state index contributed by atoms with van der Waals surface area (Å²) in [5.74, 6) is 2.39. The van der Waals surface area contributed by atoms with Gasteiger partial charge in [-0.2, -0.15) is 0 Å². The molecular formula is C22H20Cl2O2. The molecule has 0 N–H and O–H groups in total. The summed E-state index contributed by atoms with van der Waals surface area (Å²) >= 11 is 12.3. The predicted octanol–water partition coefficient (Wildman–Crippen LogP) is 6.52. The molecule has 0 unspecified atom stereocenters.